The highest BCUT2D eigenvalue weighted by molar-refractivity contribution is 7.97. The van der Waals surface area contributed by atoms with Gasteiger partial charge < -0.3 is 10.6 Å². The zero-order valence-electron chi connectivity index (χ0n) is 19.9. The van der Waals surface area contributed by atoms with Crippen molar-refractivity contribution in [3.63, 3.8) is 0 Å². The molecule has 0 saturated carbocycles. The van der Waals surface area contributed by atoms with E-state index >= 15 is 0 Å². The minimum Gasteiger partial charge on any atom is -0.358 e. The Morgan fingerprint density at radius 2 is 1.78 bits per heavy atom. The Labute approximate surface area is 211 Å². The van der Waals surface area contributed by atoms with E-state index in [1.165, 1.54) is 24.1 Å². The Hall–Kier alpha value is -2.89. The van der Waals surface area contributed by atoms with E-state index in [1.807, 2.05) is 38.1 Å². The molecule has 0 radical (unpaired) electrons. The van der Waals surface area contributed by atoms with E-state index in [1.54, 1.807) is 0 Å². The van der Waals surface area contributed by atoms with Crippen molar-refractivity contribution in [1.82, 2.24) is 24.5 Å². The molecule has 1 saturated heterocycles. The van der Waals surface area contributed by atoms with Crippen molar-refractivity contribution in [3.8, 4) is 0 Å². The van der Waals surface area contributed by atoms with E-state index in [-0.39, 0.29) is 18.0 Å². The fourth-order valence-electron chi connectivity index (χ4n) is 4.48. The summed E-state index contributed by atoms with van der Waals surface area (Å²) in [5, 5.41) is 7.41. The van der Waals surface area contributed by atoms with Crippen molar-refractivity contribution in [2.75, 3.05) is 25.0 Å². The first-order chi connectivity index (χ1) is 17.2. The lowest BCUT2D eigenvalue weighted by molar-refractivity contribution is -0.137. The van der Waals surface area contributed by atoms with Crippen molar-refractivity contribution in [2.24, 2.45) is 5.92 Å². The highest BCUT2D eigenvalue weighted by Gasteiger charge is 2.34. The number of fused-ring (bicyclic) bond motifs is 5. The average Bonchev–Trinajstić information content (AvgIpc) is 2.83. The summed E-state index contributed by atoms with van der Waals surface area (Å²) in [4.78, 5) is 25.8. The molecule has 11 heteroatoms. The first-order valence-electron chi connectivity index (χ1n) is 11.8. The van der Waals surface area contributed by atoms with Crippen LogP contribution in [0.1, 0.15) is 25.2 Å². The normalized spacial score (nSPS) is 21.7. The van der Waals surface area contributed by atoms with Gasteiger partial charge in [-0.25, -0.2) is 14.3 Å². The summed E-state index contributed by atoms with van der Waals surface area (Å²) in [6.45, 7) is 6.25. The molecule has 2 atom stereocenters. The molecule has 3 aromatic rings. The van der Waals surface area contributed by atoms with Crippen LogP contribution in [-0.4, -0.2) is 56.9 Å². The maximum absolute atomic E-state index is 13.4. The van der Waals surface area contributed by atoms with Crippen LogP contribution in [0, 0.1) is 5.92 Å². The Morgan fingerprint density at radius 3 is 2.50 bits per heavy atom. The number of nitrogens with one attached hydrogen (secondary N) is 2. The third kappa shape index (κ3) is 5.28. The lowest BCUT2D eigenvalue weighted by atomic mass is 10.0. The predicted molar refractivity (Wildman–Crippen MR) is 133 cm³/mol. The number of anilines is 1. The molecule has 1 amide bonds. The number of hydrogen-bond acceptors (Lipinski definition) is 7. The number of benzene rings is 2. The summed E-state index contributed by atoms with van der Waals surface area (Å²) in [5.41, 5.74) is 0.153. The van der Waals surface area contributed by atoms with Crippen LogP contribution in [0.4, 0.5) is 19.0 Å². The molecule has 0 aliphatic carbocycles. The van der Waals surface area contributed by atoms with Crippen molar-refractivity contribution in [1.29, 1.82) is 0 Å². The first-order valence-corrected chi connectivity index (χ1v) is 12.6. The Balaban J connectivity index is 1.39. The van der Waals surface area contributed by atoms with Gasteiger partial charge in [0.15, 0.2) is 0 Å². The highest BCUT2D eigenvalue weighted by atomic mass is 32.2. The van der Waals surface area contributed by atoms with Crippen LogP contribution in [0.15, 0.2) is 53.4 Å². The number of nitrogens with zero attached hydrogens (tertiary/aromatic N) is 4. The van der Waals surface area contributed by atoms with Gasteiger partial charge in [-0.3, -0.25) is 9.69 Å². The molecule has 3 heterocycles. The summed E-state index contributed by atoms with van der Waals surface area (Å²) in [6.07, 6.45) is -4.66. The Bertz CT molecular complexity index is 1250. The lowest BCUT2D eigenvalue weighted by Gasteiger charge is -2.42. The molecule has 2 N–H and O–H groups in total. The third-order valence-corrected chi connectivity index (χ3v) is 7.49. The molecule has 2 unspecified atom stereocenters. The van der Waals surface area contributed by atoms with E-state index in [2.05, 4.69) is 19.8 Å². The molecular weight excluding hydrogens is 489 g/mol. The van der Waals surface area contributed by atoms with Gasteiger partial charge in [0, 0.05) is 29.9 Å². The molecule has 36 heavy (non-hydrogen) atoms. The SMILES string of the molecule is CC(C)C1Nc2nc(nc3ccccc23)CN2CCN(Sc3ccc(C(F)(F)F)cc3)CC2NC1=O. The Kier molecular flexibility index (Phi) is 6.80. The van der Waals surface area contributed by atoms with E-state index in [0.29, 0.717) is 42.7 Å². The monoisotopic (exact) mass is 516 g/mol. The van der Waals surface area contributed by atoms with Gasteiger partial charge in [0.05, 0.1) is 23.8 Å². The molecule has 7 nitrogen and oxygen atoms in total. The number of aromatic nitrogens is 2. The molecule has 190 valence electrons. The molecule has 1 aromatic heterocycles. The molecule has 2 aliphatic rings. The first kappa shape index (κ1) is 24.8. The summed E-state index contributed by atoms with van der Waals surface area (Å²) in [6, 6.07) is 12.4. The van der Waals surface area contributed by atoms with Crippen LogP contribution in [0.2, 0.25) is 0 Å². The second kappa shape index (κ2) is 9.87. The number of alkyl halides is 3. The zero-order valence-corrected chi connectivity index (χ0v) is 20.7. The van der Waals surface area contributed by atoms with E-state index in [9.17, 15) is 18.0 Å². The lowest BCUT2D eigenvalue weighted by Crippen LogP contribution is -2.61. The predicted octanol–water partition coefficient (Wildman–Crippen LogP) is 4.37. The summed E-state index contributed by atoms with van der Waals surface area (Å²) >= 11 is 1.39. The number of piperazine rings is 1. The highest BCUT2D eigenvalue weighted by Crippen LogP contribution is 2.32. The van der Waals surface area contributed by atoms with E-state index in [0.717, 1.165) is 23.0 Å². The van der Waals surface area contributed by atoms with E-state index in [4.69, 9.17) is 9.97 Å². The van der Waals surface area contributed by atoms with Crippen molar-refractivity contribution in [2.45, 2.75) is 43.7 Å². The smallest absolute Gasteiger partial charge is 0.358 e. The molecular formula is C25H27F3N6OS. The van der Waals surface area contributed by atoms with Crippen molar-refractivity contribution < 1.29 is 18.0 Å². The number of carbonyl (C=O) groups is 1. The van der Waals surface area contributed by atoms with Gasteiger partial charge in [0.1, 0.15) is 17.7 Å². The molecule has 5 rings (SSSR count). The van der Waals surface area contributed by atoms with Gasteiger partial charge in [-0.1, -0.05) is 26.0 Å². The number of carbonyl (C=O) groups excluding carboxylic acids is 1. The van der Waals surface area contributed by atoms with Gasteiger partial charge in [-0.15, -0.1) is 0 Å². The van der Waals surface area contributed by atoms with Gasteiger partial charge in [0.25, 0.3) is 0 Å². The van der Waals surface area contributed by atoms with Crippen LogP contribution in [0.3, 0.4) is 0 Å². The van der Waals surface area contributed by atoms with Crippen LogP contribution >= 0.6 is 11.9 Å². The third-order valence-electron chi connectivity index (χ3n) is 6.41. The zero-order chi connectivity index (χ0) is 25.4. The van der Waals surface area contributed by atoms with Crippen LogP contribution in [0.5, 0.6) is 0 Å². The number of hydrogen-bond donors (Lipinski definition) is 2. The van der Waals surface area contributed by atoms with Crippen LogP contribution in [0.25, 0.3) is 10.9 Å². The van der Waals surface area contributed by atoms with Gasteiger partial charge in [-0.2, -0.15) is 13.2 Å². The molecule has 2 bridgehead atoms. The fraction of sp³-hybridized carbons (Fsp3) is 0.400. The van der Waals surface area contributed by atoms with Gasteiger partial charge in [-0.05, 0) is 54.3 Å². The van der Waals surface area contributed by atoms with Crippen molar-refractivity contribution >= 4 is 34.6 Å². The standard InChI is InChI=1S/C25H27F3N6OS/c1-15(2)22-24(35)31-21-14-34(36-17-9-7-16(8-10-17)25(26,27)28)12-11-33(21)13-20-29-19-6-4-3-5-18(19)23(30-20)32-22/h3-10,15,21-22H,11-14H2,1-2H3,(H,31,35)(H,29,30,32). The van der Waals surface area contributed by atoms with Gasteiger partial charge >= 0.3 is 6.18 Å². The summed E-state index contributed by atoms with van der Waals surface area (Å²) in [5.74, 6) is 1.21. The maximum Gasteiger partial charge on any atom is 0.416 e. The Morgan fingerprint density at radius 1 is 1.03 bits per heavy atom. The number of halogens is 3. The number of para-hydroxylation sites is 1. The van der Waals surface area contributed by atoms with Crippen molar-refractivity contribution in [3.05, 3.63) is 59.9 Å². The molecule has 1 fully saturated rings. The fourth-order valence-corrected chi connectivity index (χ4v) is 5.43. The molecule has 2 aliphatic heterocycles. The average molecular weight is 517 g/mol. The maximum atomic E-state index is 13.4. The van der Waals surface area contributed by atoms with E-state index < -0.39 is 17.8 Å². The molecule has 0 spiro atoms. The minimum atomic E-state index is -4.36. The minimum absolute atomic E-state index is 0.0104. The topological polar surface area (TPSA) is 73.4 Å². The van der Waals surface area contributed by atoms with Crippen LogP contribution < -0.4 is 10.6 Å². The summed E-state index contributed by atoms with van der Waals surface area (Å²) in [7, 11) is 0. The quantitative estimate of drug-likeness (QED) is 0.501. The second-order valence-electron chi connectivity index (χ2n) is 9.37. The number of amides is 1. The van der Waals surface area contributed by atoms with Crippen LogP contribution in [-0.2, 0) is 17.5 Å². The second-order valence-corrected chi connectivity index (χ2v) is 10.5. The largest absolute Gasteiger partial charge is 0.416 e. The molecule has 2 aromatic carbocycles. The summed E-state index contributed by atoms with van der Waals surface area (Å²) < 4.78 is 40.8. The van der Waals surface area contributed by atoms with Gasteiger partial charge in [0.2, 0.25) is 5.91 Å². The number of rotatable bonds is 3.